The van der Waals surface area contributed by atoms with Crippen molar-refractivity contribution in [1.29, 1.82) is 0 Å². The van der Waals surface area contributed by atoms with Crippen molar-refractivity contribution in [3.05, 3.63) is 0 Å². The molecule has 1 aliphatic heterocycles. The van der Waals surface area contributed by atoms with E-state index in [1.807, 2.05) is 0 Å². The van der Waals surface area contributed by atoms with Crippen LogP contribution in [0, 0.1) is 11.8 Å². The molecule has 0 N–H and O–H groups in total. The van der Waals surface area contributed by atoms with Crippen LogP contribution in [-0.2, 0) is 9.53 Å². The average molecular weight is 304 g/mol. The maximum absolute atomic E-state index is 12.3. The minimum atomic E-state index is 0. The smallest absolute Gasteiger partial charge is 0.309 e. The molecular weight excluding hydrogens is 274 g/mol. The number of hydrogen-bond acceptors (Lipinski definition) is 3. The third kappa shape index (κ3) is 5.25. The number of carbonyl (C=O) groups excluding carboxylic acids is 1. The molecule has 2 aliphatic rings. The van der Waals surface area contributed by atoms with Crippen molar-refractivity contribution in [2.24, 2.45) is 11.8 Å². The zero-order chi connectivity index (χ0) is 13.5. The van der Waals surface area contributed by atoms with Crippen LogP contribution in [0.5, 0.6) is 0 Å². The summed E-state index contributed by atoms with van der Waals surface area (Å²) in [6.07, 6.45) is 9.74. The lowest BCUT2D eigenvalue weighted by Gasteiger charge is -2.22. The Labute approximate surface area is 129 Å². The van der Waals surface area contributed by atoms with Crippen LogP contribution in [0.25, 0.3) is 0 Å². The van der Waals surface area contributed by atoms with Gasteiger partial charge in [0.25, 0.3) is 0 Å². The normalized spacial score (nSPS) is 21.6. The Bertz CT molecular complexity index is 274. The molecule has 0 spiro atoms. The van der Waals surface area contributed by atoms with Gasteiger partial charge in [0, 0.05) is 6.54 Å². The number of halogens is 1. The van der Waals surface area contributed by atoms with E-state index in [-0.39, 0.29) is 24.3 Å². The number of likely N-dealkylation sites (tertiary alicyclic amines) is 1. The molecule has 1 saturated carbocycles. The predicted molar refractivity (Wildman–Crippen MR) is 84.2 cm³/mol. The van der Waals surface area contributed by atoms with Crippen LogP contribution in [0.2, 0.25) is 0 Å². The highest BCUT2D eigenvalue weighted by atomic mass is 35.5. The molecule has 0 aromatic heterocycles. The van der Waals surface area contributed by atoms with Crippen LogP contribution in [0.1, 0.15) is 58.3 Å². The SMILES string of the molecule is CCCC(C(=O)OCCN1CCCC1)C1CCCC1.Cl. The van der Waals surface area contributed by atoms with Gasteiger partial charge in [-0.3, -0.25) is 9.69 Å². The lowest BCUT2D eigenvalue weighted by atomic mass is 9.87. The van der Waals surface area contributed by atoms with Crippen LogP contribution in [0.15, 0.2) is 0 Å². The largest absolute Gasteiger partial charge is 0.464 e. The number of esters is 1. The Morgan fingerprint density at radius 1 is 1.20 bits per heavy atom. The van der Waals surface area contributed by atoms with Gasteiger partial charge >= 0.3 is 5.97 Å². The molecule has 1 unspecified atom stereocenters. The van der Waals surface area contributed by atoms with Gasteiger partial charge in [-0.15, -0.1) is 12.4 Å². The van der Waals surface area contributed by atoms with E-state index in [0.717, 1.165) is 19.4 Å². The van der Waals surface area contributed by atoms with E-state index in [9.17, 15) is 4.79 Å². The van der Waals surface area contributed by atoms with E-state index in [1.165, 1.54) is 51.6 Å². The van der Waals surface area contributed by atoms with E-state index in [4.69, 9.17) is 4.74 Å². The quantitative estimate of drug-likeness (QED) is 0.672. The summed E-state index contributed by atoms with van der Waals surface area (Å²) in [6, 6.07) is 0. The first kappa shape index (κ1) is 17.8. The van der Waals surface area contributed by atoms with Gasteiger partial charge in [-0.1, -0.05) is 26.2 Å². The number of ether oxygens (including phenoxy) is 1. The molecule has 1 heterocycles. The van der Waals surface area contributed by atoms with Crippen LogP contribution in [0.3, 0.4) is 0 Å². The summed E-state index contributed by atoms with van der Waals surface area (Å²) in [6.45, 7) is 6.04. The Hall–Kier alpha value is -0.280. The van der Waals surface area contributed by atoms with E-state index in [2.05, 4.69) is 11.8 Å². The van der Waals surface area contributed by atoms with Crippen molar-refractivity contribution in [3.8, 4) is 0 Å². The lowest BCUT2D eigenvalue weighted by Crippen LogP contribution is -2.29. The molecule has 0 aromatic carbocycles. The maximum Gasteiger partial charge on any atom is 0.309 e. The molecule has 0 radical (unpaired) electrons. The highest BCUT2D eigenvalue weighted by molar-refractivity contribution is 5.85. The zero-order valence-corrected chi connectivity index (χ0v) is 13.6. The Morgan fingerprint density at radius 2 is 1.85 bits per heavy atom. The summed E-state index contributed by atoms with van der Waals surface area (Å²) in [4.78, 5) is 14.7. The molecule has 0 bridgehead atoms. The average Bonchev–Trinajstić information content (AvgIpc) is 3.08. The predicted octanol–water partition coefficient (Wildman–Crippen LogP) is 3.65. The van der Waals surface area contributed by atoms with Crippen LogP contribution in [0.4, 0.5) is 0 Å². The van der Waals surface area contributed by atoms with Gasteiger partial charge in [-0.2, -0.15) is 0 Å². The van der Waals surface area contributed by atoms with Gasteiger partial charge in [-0.05, 0) is 51.1 Å². The number of carbonyl (C=O) groups is 1. The van der Waals surface area contributed by atoms with Crippen molar-refractivity contribution >= 4 is 18.4 Å². The fourth-order valence-corrected chi connectivity index (χ4v) is 3.61. The van der Waals surface area contributed by atoms with Gasteiger partial charge < -0.3 is 4.74 Å². The maximum atomic E-state index is 12.3. The topological polar surface area (TPSA) is 29.5 Å². The second-order valence-corrected chi connectivity index (χ2v) is 6.16. The third-order valence-electron chi connectivity index (χ3n) is 4.72. The Balaban J connectivity index is 0.00000200. The van der Waals surface area contributed by atoms with Crippen molar-refractivity contribution in [1.82, 2.24) is 4.90 Å². The highest BCUT2D eigenvalue weighted by Gasteiger charge is 2.31. The van der Waals surface area contributed by atoms with Crippen molar-refractivity contribution in [2.75, 3.05) is 26.2 Å². The summed E-state index contributed by atoms with van der Waals surface area (Å²) in [5, 5.41) is 0. The van der Waals surface area contributed by atoms with E-state index in [1.54, 1.807) is 0 Å². The minimum absolute atomic E-state index is 0. The Morgan fingerprint density at radius 3 is 2.45 bits per heavy atom. The lowest BCUT2D eigenvalue weighted by molar-refractivity contribution is -0.151. The van der Waals surface area contributed by atoms with Gasteiger partial charge in [-0.25, -0.2) is 0 Å². The van der Waals surface area contributed by atoms with Crippen LogP contribution < -0.4 is 0 Å². The molecular formula is C16H30ClNO2. The number of rotatable bonds is 7. The second-order valence-electron chi connectivity index (χ2n) is 6.16. The minimum Gasteiger partial charge on any atom is -0.464 e. The monoisotopic (exact) mass is 303 g/mol. The van der Waals surface area contributed by atoms with Crippen LogP contribution >= 0.6 is 12.4 Å². The summed E-state index contributed by atoms with van der Waals surface area (Å²) in [5.74, 6) is 0.846. The molecule has 1 atom stereocenters. The van der Waals surface area contributed by atoms with Crippen molar-refractivity contribution < 1.29 is 9.53 Å². The first-order chi connectivity index (χ1) is 9.31. The molecule has 20 heavy (non-hydrogen) atoms. The zero-order valence-electron chi connectivity index (χ0n) is 12.8. The molecule has 2 rings (SSSR count). The highest BCUT2D eigenvalue weighted by Crippen LogP contribution is 2.34. The van der Waals surface area contributed by atoms with Crippen LogP contribution in [-0.4, -0.2) is 37.1 Å². The summed E-state index contributed by atoms with van der Waals surface area (Å²) in [7, 11) is 0. The summed E-state index contributed by atoms with van der Waals surface area (Å²) in [5.41, 5.74) is 0. The van der Waals surface area contributed by atoms with Gasteiger partial charge in [0.05, 0.1) is 5.92 Å². The van der Waals surface area contributed by atoms with Crippen molar-refractivity contribution in [2.45, 2.75) is 58.3 Å². The fourth-order valence-electron chi connectivity index (χ4n) is 3.61. The molecule has 2 fully saturated rings. The van der Waals surface area contributed by atoms with E-state index >= 15 is 0 Å². The first-order valence-corrected chi connectivity index (χ1v) is 8.20. The Kier molecular flexibility index (Phi) is 8.55. The number of hydrogen-bond donors (Lipinski definition) is 0. The molecule has 1 saturated heterocycles. The fraction of sp³-hybridized carbons (Fsp3) is 0.938. The molecule has 0 aromatic rings. The van der Waals surface area contributed by atoms with Gasteiger partial charge in [0.2, 0.25) is 0 Å². The van der Waals surface area contributed by atoms with Gasteiger partial charge in [0.15, 0.2) is 0 Å². The number of nitrogens with zero attached hydrogens (tertiary/aromatic N) is 1. The van der Waals surface area contributed by atoms with Crippen molar-refractivity contribution in [3.63, 3.8) is 0 Å². The van der Waals surface area contributed by atoms with E-state index in [0.29, 0.717) is 12.5 Å². The molecule has 0 amide bonds. The summed E-state index contributed by atoms with van der Waals surface area (Å²) >= 11 is 0. The first-order valence-electron chi connectivity index (χ1n) is 8.20. The third-order valence-corrected chi connectivity index (χ3v) is 4.72. The van der Waals surface area contributed by atoms with Gasteiger partial charge in [0.1, 0.15) is 6.61 Å². The molecule has 3 nitrogen and oxygen atoms in total. The molecule has 4 heteroatoms. The molecule has 1 aliphatic carbocycles. The standard InChI is InChI=1S/C16H29NO2.ClH/c1-2-7-15(14-8-3-4-9-14)16(18)19-13-12-17-10-5-6-11-17;/h14-15H,2-13H2,1H3;1H. The summed E-state index contributed by atoms with van der Waals surface area (Å²) < 4.78 is 5.55. The second kappa shape index (κ2) is 9.62. The van der Waals surface area contributed by atoms with E-state index < -0.39 is 0 Å². The molecule has 118 valence electrons.